The summed E-state index contributed by atoms with van der Waals surface area (Å²) in [5.74, 6) is -1.15. The molecular formula is C19H23N3O3. The molecule has 0 spiro atoms. The summed E-state index contributed by atoms with van der Waals surface area (Å²) in [6.07, 6.45) is 6.52. The third kappa shape index (κ3) is 3.57. The second-order valence-electron chi connectivity index (χ2n) is 7.08. The van der Waals surface area contributed by atoms with Crippen molar-refractivity contribution in [2.75, 3.05) is 5.32 Å². The number of carbonyl (C=O) groups is 2. The van der Waals surface area contributed by atoms with E-state index in [9.17, 15) is 14.7 Å². The van der Waals surface area contributed by atoms with Crippen molar-refractivity contribution < 1.29 is 14.7 Å². The molecule has 0 unspecified atom stereocenters. The van der Waals surface area contributed by atoms with Gasteiger partial charge in [0, 0.05) is 11.9 Å². The zero-order chi connectivity index (χ0) is 18.0. The average molecular weight is 341 g/mol. The molecule has 0 aliphatic heterocycles. The van der Waals surface area contributed by atoms with E-state index < -0.39 is 11.4 Å². The number of amides is 1. The summed E-state index contributed by atoms with van der Waals surface area (Å²) in [4.78, 5) is 23.7. The number of aromatic nitrogens is 2. The lowest BCUT2D eigenvalue weighted by Crippen LogP contribution is -2.28. The van der Waals surface area contributed by atoms with Crippen LogP contribution in [-0.2, 0) is 10.2 Å². The van der Waals surface area contributed by atoms with Gasteiger partial charge in [0.2, 0.25) is 0 Å². The van der Waals surface area contributed by atoms with Gasteiger partial charge in [-0.1, -0.05) is 25.0 Å². The molecule has 1 aromatic carbocycles. The number of carbonyl (C=O) groups excluding carboxylic acids is 1. The maximum absolute atomic E-state index is 12.4. The molecule has 1 aliphatic carbocycles. The lowest BCUT2D eigenvalue weighted by Gasteiger charge is -2.19. The largest absolute Gasteiger partial charge is 0.481 e. The number of anilines is 1. The maximum Gasteiger partial charge on any atom is 0.313 e. The van der Waals surface area contributed by atoms with Crippen molar-refractivity contribution in [3.8, 4) is 0 Å². The summed E-state index contributed by atoms with van der Waals surface area (Å²) in [6, 6.07) is 9.01. The van der Waals surface area contributed by atoms with Crippen LogP contribution in [0.3, 0.4) is 0 Å². The SMILES string of the molecule is CC(C)(C(=O)O)c1ccc(NC(=O)c2ccn(C3CCCC3)n2)cc1. The molecule has 1 fully saturated rings. The minimum Gasteiger partial charge on any atom is -0.481 e. The van der Waals surface area contributed by atoms with E-state index in [1.165, 1.54) is 12.8 Å². The van der Waals surface area contributed by atoms with Gasteiger partial charge in [-0.05, 0) is 50.5 Å². The van der Waals surface area contributed by atoms with Crippen molar-refractivity contribution in [3.63, 3.8) is 0 Å². The van der Waals surface area contributed by atoms with Crippen LogP contribution in [0.1, 0.15) is 61.6 Å². The first-order chi connectivity index (χ1) is 11.9. The van der Waals surface area contributed by atoms with Gasteiger partial charge in [0.1, 0.15) is 0 Å². The van der Waals surface area contributed by atoms with Gasteiger partial charge >= 0.3 is 5.97 Å². The highest BCUT2D eigenvalue weighted by molar-refractivity contribution is 6.02. The second kappa shape index (κ2) is 6.70. The first-order valence-corrected chi connectivity index (χ1v) is 8.58. The number of rotatable bonds is 5. The predicted octanol–water partition coefficient (Wildman–Crippen LogP) is 3.61. The Kier molecular flexibility index (Phi) is 4.61. The zero-order valence-corrected chi connectivity index (χ0v) is 14.5. The smallest absolute Gasteiger partial charge is 0.313 e. The van der Waals surface area contributed by atoms with Gasteiger partial charge in [-0.2, -0.15) is 5.10 Å². The van der Waals surface area contributed by atoms with E-state index in [0.717, 1.165) is 12.8 Å². The molecule has 2 N–H and O–H groups in total. The molecular weight excluding hydrogens is 318 g/mol. The van der Waals surface area contributed by atoms with Crippen LogP contribution in [0, 0.1) is 0 Å². The van der Waals surface area contributed by atoms with Gasteiger partial charge in [-0.3, -0.25) is 14.3 Å². The summed E-state index contributed by atoms with van der Waals surface area (Å²) in [5.41, 5.74) is 0.721. The Morgan fingerprint density at radius 2 is 1.80 bits per heavy atom. The highest BCUT2D eigenvalue weighted by Crippen LogP contribution is 2.29. The quantitative estimate of drug-likeness (QED) is 0.870. The maximum atomic E-state index is 12.4. The lowest BCUT2D eigenvalue weighted by molar-refractivity contribution is -0.142. The van der Waals surface area contributed by atoms with Gasteiger partial charge in [-0.15, -0.1) is 0 Å². The number of nitrogens with zero attached hydrogens (tertiary/aromatic N) is 2. The first-order valence-electron chi connectivity index (χ1n) is 8.58. The van der Waals surface area contributed by atoms with Crippen LogP contribution in [0.15, 0.2) is 36.5 Å². The molecule has 1 aromatic heterocycles. The van der Waals surface area contributed by atoms with Gasteiger partial charge in [0.15, 0.2) is 5.69 Å². The van der Waals surface area contributed by atoms with Gasteiger partial charge < -0.3 is 10.4 Å². The molecule has 0 bridgehead atoms. The van der Waals surface area contributed by atoms with E-state index in [4.69, 9.17) is 0 Å². The molecule has 132 valence electrons. The first kappa shape index (κ1) is 17.2. The minimum absolute atomic E-state index is 0.262. The minimum atomic E-state index is -0.970. The third-order valence-electron chi connectivity index (χ3n) is 4.94. The van der Waals surface area contributed by atoms with Crippen LogP contribution in [0.25, 0.3) is 0 Å². The van der Waals surface area contributed by atoms with Crippen LogP contribution in [0.2, 0.25) is 0 Å². The summed E-state index contributed by atoms with van der Waals surface area (Å²) in [5, 5.41) is 16.5. The Labute approximate surface area is 146 Å². The van der Waals surface area contributed by atoms with Crippen LogP contribution < -0.4 is 5.32 Å². The number of carboxylic acid groups (broad SMARTS) is 1. The number of hydrogen-bond acceptors (Lipinski definition) is 3. The Balaban J connectivity index is 1.68. The normalized spacial score (nSPS) is 15.3. The highest BCUT2D eigenvalue weighted by atomic mass is 16.4. The van der Waals surface area contributed by atoms with E-state index in [-0.39, 0.29) is 5.91 Å². The van der Waals surface area contributed by atoms with Crippen LogP contribution >= 0.6 is 0 Å². The second-order valence-corrected chi connectivity index (χ2v) is 7.08. The number of aliphatic carboxylic acids is 1. The van der Waals surface area contributed by atoms with Gasteiger partial charge in [0.05, 0.1) is 11.5 Å². The Hall–Kier alpha value is -2.63. The van der Waals surface area contributed by atoms with Crippen molar-refractivity contribution in [2.45, 2.75) is 51.0 Å². The average Bonchev–Trinajstić information content (AvgIpc) is 3.26. The van der Waals surface area contributed by atoms with E-state index in [1.807, 2.05) is 10.9 Å². The van der Waals surface area contributed by atoms with Gasteiger partial charge in [0.25, 0.3) is 5.91 Å². The molecule has 0 saturated heterocycles. The summed E-state index contributed by atoms with van der Waals surface area (Å²) < 4.78 is 1.89. The number of nitrogens with one attached hydrogen (secondary N) is 1. The fraction of sp³-hybridized carbons (Fsp3) is 0.421. The molecule has 0 atom stereocenters. The summed E-state index contributed by atoms with van der Waals surface area (Å²) in [6.45, 7) is 3.30. The predicted molar refractivity (Wildman–Crippen MR) is 94.8 cm³/mol. The number of carboxylic acids is 1. The van der Waals surface area contributed by atoms with Crippen LogP contribution in [-0.4, -0.2) is 26.8 Å². The van der Waals surface area contributed by atoms with Crippen molar-refractivity contribution in [1.29, 1.82) is 0 Å². The standard InChI is InChI=1S/C19H23N3O3/c1-19(2,18(24)25)13-7-9-14(10-8-13)20-17(23)16-11-12-22(21-16)15-5-3-4-6-15/h7-12,15H,3-6H2,1-2H3,(H,20,23)(H,24,25). The molecule has 1 amide bonds. The topological polar surface area (TPSA) is 84.2 Å². The molecule has 6 heteroatoms. The Morgan fingerprint density at radius 3 is 2.40 bits per heavy atom. The van der Waals surface area contributed by atoms with Crippen molar-refractivity contribution >= 4 is 17.6 Å². The van der Waals surface area contributed by atoms with Crippen molar-refractivity contribution in [2.24, 2.45) is 0 Å². The molecule has 2 aromatic rings. The molecule has 6 nitrogen and oxygen atoms in total. The molecule has 1 saturated carbocycles. The molecule has 0 radical (unpaired) electrons. The van der Waals surface area contributed by atoms with E-state index in [2.05, 4.69) is 10.4 Å². The molecule has 1 heterocycles. The Morgan fingerprint density at radius 1 is 1.16 bits per heavy atom. The molecule has 25 heavy (non-hydrogen) atoms. The van der Waals surface area contributed by atoms with Crippen molar-refractivity contribution in [3.05, 3.63) is 47.8 Å². The number of hydrogen-bond donors (Lipinski definition) is 2. The fourth-order valence-corrected chi connectivity index (χ4v) is 3.12. The molecule has 3 rings (SSSR count). The highest BCUT2D eigenvalue weighted by Gasteiger charge is 2.29. The monoisotopic (exact) mass is 341 g/mol. The van der Waals surface area contributed by atoms with Gasteiger partial charge in [-0.25, -0.2) is 0 Å². The number of benzene rings is 1. The van der Waals surface area contributed by atoms with E-state index in [1.54, 1.807) is 44.2 Å². The van der Waals surface area contributed by atoms with Crippen LogP contribution in [0.4, 0.5) is 5.69 Å². The Bertz CT molecular complexity index is 771. The van der Waals surface area contributed by atoms with E-state index >= 15 is 0 Å². The van der Waals surface area contributed by atoms with E-state index in [0.29, 0.717) is 23.0 Å². The third-order valence-corrected chi connectivity index (χ3v) is 4.94. The lowest BCUT2D eigenvalue weighted by atomic mass is 9.85. The fourth-order valence-electron chi connectivity index (χ4n) is 3.12. The summed E-state index contributed by atoms with van der Waals surface area (Å²) in [7, 11) is 0. The zero-order valence-electron chi connectivity index (χ0n) is 14.5. The van der Waals surface area contributed by atoms with Crippen molar-refractivity contribution in [1.82, 2.24) is 9.78 Å². The van der Waals surface area contributed by atoms with Crippen LogP contribution in [0.5, 0.6) is 0 Å². The summed E-state index contributed by atoms with van der Waals surface area (Å²) >= 11 is 0. The molecule has 1 aliphatic rings.